The molecule has 2 unspecified atom stereocenters. The quantitative estimate of drug-likeness (QED) is 0.520. The van der Waals surface area contributed by atoms with E-state index in [1.807, 2.05) is 0 Å². The molecule has 0 heterocycles. The van der Waals surface area contributed by atoms with Gasteiger partial charge in [-0.15, -0.1) is 0 Å². The van der Waals surface area contributed by atoms with Crippen LogP contribution in [0.25, 0.3) is 0 Å². The first-order valence-corrected chi connectivity index (χ1v) is 8.04. The lowest BCUT2D eigenvalue weighted by Gasteiger charge is -2.19. The summed E-state index contributed by atoms with van der Waals surface area (Å²) in [6, 6.07) is 0.139. The lowest BCUT2D eigenvalue weighted by Crippen LogP contribution is -2.34. The number of nitrogens with two attached hydrogens (primary N) is 1. The number of carbonyl (C=O) groups excluding carboxylic acids is 1. The molecule has 1 saturated carbocycles. The fourth-order valence-corrected chi connectivity index (χ4v) is 3.00. The zero-order chi connectivity index (χ0) is 13.2. The highest BCUT2D eigenvalue weighted by molar-refractivity contribution is 5.81. The van der Waals surface area contributed by atoms with Crippen molar-refractivity contribution in [2.75, 3.05) is 0 Å². The minimum absolute atomic E-state index is 0.139. The molecule has 2 nitrogen and oxygen atoms in total. The van der Waals surface area contributed by atoms with E-state index < -0.39 is 0 Å². The first-order valence-electron chi connectivity index (χ1n) is 8.04. The molecule has 0 bridgehead atoms. The third-order valence-electron chi connectivity index (χ3n) is 4.26. The van der Waals surface area contributed by atoms with Crippen LogP contribution in [0.2, 0.25) is 0 Å². The maximum absolute atomic E-state index is 12.2. The third kappa shape index (κ3) is 5.99. The molecule has 0 spiro atoms. The van der Waals surface area contributed by atoms with Gasteiger partial charge in [0.05, 0.1) is 0 Å². The summed E-state index contributed by atoms with van der Waals surface area (Å²) in [6.45, 7) is 2.23. The molecule has 1 rings (SSSR count). The molecule has 0 aromatic heterocycles. The van der Waals surface area contributed by atoms with Gasteiger partial charge in [-0.2, -0.15) is 0 Å². The maximum Gasteiger partial charge on any atom is 0.137 e. The van der Waals surface area contributed by atoms with Crippen molar-refractivity contribution in [2.45, 2.75) is 90.0 Å². The Morgan fingerprint density at radius 2 is 1.67 bits per heavy atom. The van der Waals surface area contributed by atoms with E-state index in [1.165, 1.54) is 51.4 Å². The van der Waals surface area contributed by atoms with E-state index >= 15 is 0 Å². The van der Waals surface area contributed by atoms with Crippen LogP contribution in [-0.4, -0.2) is 11.8 Å². The van der Waals surface area contributed by atoms with Gasteiger partial charge in [0.1, 0.15) is 5.78 Å². The molecule has 2 N–H and O–H groups in total. The van der Waals surface area contributed by atoms with Gasteiger partial charge in [-0.3, -0.25) is 4.79 Å². The van der Waals surface area contributed by atoms with Gasteiger partial charge in [-0.25, -0.2) is 0 Å². The van der Waals surface area contributed by atoms with Gasteiger partial charge in [-0.05, 0) is 19.3 Å². The SMILES string of the molecule is CCCCCCCCC(=O)C1CCCCCC1N. The molecule has 1 aliphatic carbocycles. The van der Waals surface area contributed by atoms with Crippen LogP contribution in [0.5, 0.6) is 0 Å². The molecule has 0 saturated heterocycles. The second kappa shape index (κ2) is 9.55. The summed E-state index contributed by atoms with van der Waals surface area (Å²) in [6.07, 6.45) is 14.0. The Hall–Kier alpha value is -0.370. The summed E-state index contributed by atoms with van der Waals surface area (Å²) in [5.74, 6) is 0.614. The molecule has 18 heavy (non-hydrogen) atoms. The molecule has 0 aromatic carbocycles. The molecule has 2 heteroatoms. The van der Waals surface area contributed by atoms with E-state index in [9.17, 15) is 4.79 Å². The van der Waals surface area contributed by atoms with Crippen LogP contribution in [0, 0.1) is 5.92 Å². The van der Waals surface area contributed by atoms with Crippen LogP contribution >= 0.6 is 0 Å². The standard InChI is InChI=1S/C16H31NO/c1-2-3-4-5-6-10-13-16(18)14-11-8-7-9-12-15(14)17/h14-15H,2-13,17H2,1H3. The molecular formula is C16H31NO. The van der Waals surface area contributed by atoms with E-state index in [-0.39, 0.29) is 12.0 Å². The molecule has 2 atom stereocenters. The number of Topliss-reactive ketones (excluding diaryl/α,β-unsaturated/α-hetero) is 1. The van der Waals surface area contributed by atoms with Crippen molar-refractivity contribution in [1.82, 2.24) is 0 Å². The fourth-order valence-electron chi connectivity index (χ4n) is 3.00. The third-order valence-corrected chi connectivity index (χ3v) is 4.26. The van der Waals surface area contributed by atoms with Gasteiger partial charge in [0.2, 0.25) is 0 Å². The molecule has 0 aliphatic heterocycles. The fraction of sp³-hybridized carbons (Fsp3) is 0.938. The van der Waals surface area contributed by atoms with Crippen LogP contribution in [0.1, 0.15) is 84.0 Å². The summed E-state index contributed by atoms with van der Waals surface area (Å²) in [5, 5.41) is 0. The summed E-state index contributed by atoms with van der Waals surface area (Å²) < 4.78 is 0. The average Bonchev–Trinajstić information content (AvgIpc) is 2.58. The van der Waals surface area contributed by atoms with Gasteiger partial charge >= 0.3 is 0 Å². The van der Waals surface area contributed by atoms with Gasteiger partial charge < -0.3 is 5.73 Å². The lowest BCUT2D eigenvalue weighted by molar-refractivity contribution is -0.123. The Kier molecular flexibility index (Phi) is 8.32. The topological polar surface area (TPSA) is 43.1 Å². The van der Waals surface area contributed by atoms with E-state index in [2.05, 4.69) is 6.92 Å². The molecular weight excluding hydrogens is 222 g/mol. The largest absolute Gasteiger partial charge is 0.327 e. The molecule has 1 aliphatic rings. The van der Waals surface area contributed by atoms with Crippen LogP contribution in [0.4, 0.5) is 0 Å². The predicted molar refractivity (Wildman–Crippen MR) is 77.6 cm³/mol. The highest BCUT2D eigenvalue weighted by Gasteiger charge is 2.26. The Labute approximate surface area is 113 Å². The summed E-state index contributed by atoms with van der Waals surface area (Å²) in [4.78, 5) is 12.2. The molecule has 0 aromatic rings. The number of unbranched alkanes of at least 4 members (excludes halogenated alkanes) is 5. The van der Waals surface area contributed by atoms with E-state index in [0.29, 0.717) is 5.78 Å². The zero-order valence-electron chi connectivity index (χ0n) is 12.1. The summed E-state index contributed by atoms with van der Waals surface area (Å²) in [5.41, 5.74) is 6.13. The minimum atomic E-state index is 0.139. The van der Waals surface area contributed by atoms with Gasteiger partial charge in [0, 0.05) is 18.4 Å². The van der Waals surface area contributed by atoms with Crippen molar-refractivity contribution < 1.29 is 4.79 Å². The molecule has 0 amide bonds. The van der Waals surface area contributed by atoms with Crippen LogP contribution in [-0.2, 0) is 4.79 Å². The van der Waals surface area contributed by atoms with Crippen molar-refractivity contribution in [3.63, 3.8) is 0 Å². The second-order valence-electron chi connectivity index (χ2n) is 5.89. The number of carbonyl (C=O) groups is 1. The average molecular weight is 253 g/mol. The Balaban J connectivity index is 2.14. The van der Waals surface area contributed by atoms with E-state index in [1.54, 1.807) is 0 Å². The number of hydrogen-bond donors (Lipinski definition) is 1. The highest BCUT2D eigenvalue weighted by atomic mass is 16.1. The van der Waals surface area contributed by atoms with Crippen molar-refractivity contribution in [1.29, 1.82) is 0 Å². The van der Waals surface area contributed by atoms with E-state index in [0.717, 1.165) is 25.7 Å². The first-order chi connectivity index (χ1) is 8.75. The molecule has 106 valence electrons. The Morgan fingerprint density at radius 3 is 2.44 bits per heavy atom. The number of hydrogen-bond acceptors (Lipinski definition) is 2. The van der Waals surface area contributed by atoms with Crippen molar-refractivity contribution in [3.05, 3.63) is 0 Å². The Bertz CT molecular complexity index is 227. The smallest absolute Gasteiger partial charge is 0.137 e. The maximum atomic E-state index is 12.2. The normalized spacial score (nSPS) is 24.8. The van der Waals surface area contributed by atoms with Crippen molar-refractivity contribution in [3.8, 4) is 0 Å². The lowest BCUT2D eigenvalue weighted by atomic mass is 9.88. The second-order valence-corrected chi connectivity index (χ2v) is 5.89. The highest BCUT2D eigenvalue weighted by Crippen LogP contribution is 2.24. The minimum Gasteiger partial charge on any atom is -0.327 e. The van der Waals surface area contributed by atoms with Gasteiger partial charge in [0.25, 0.3) is 0 Å². The van der Waals surface area contributed by atoms with Crippen molar-refractivity contribution >= 4 is 5.78 Å². The molecule has 0 radical (unpaired) electrons. The van der Waals surface area contributed by atoms with Crippen LogP contribution in [0.3, 0.4) is 0 Å². The van der Waals surface area contributed by atoms with Crippen molar-refractivity contribution in [2.24, 2.45) is 11.7 Å². The number of ketones is 1. The van der Waals surface area contributed by atoms with Crippen LogP contribution in [0.15, 0.2) is 0 Å². The zero-order valence-corrected chi connectivity index (χ0v) is 12.1. The monoisotopic (exact) mass is 253 g/mol. The van der Waals surface area contributed by atoms with Gasteiger partial charge in [-0.1, -0.05) is 58.3 Å². The number of rotatable bonds is 8. The summed E-state index contributed by atoms with van der Waals surface area (Å²) >= 11 is 0. The van der Waals surface area contributed by atoms with E-state index in [4.69, 9.17) is 5.73 Å². The van der Waals surface area contributed by atoms with Gasteiger partial charge in [0.15, 0.2) is 0 Å². The molecule has 1 fully saturated rings. The summed E-state index contributed by atoms with van der Waals surface area (Å²) in [7, 11) is 0. The first kappa shape index (κ1) is 15.7. The van der Waals surface area contributed by atoms with Crippen LogP contribution < -0.4 is 5.73 Å². The predicted octanol–water partition coefficient (Wildman–Crippen LogP) is 4.21. The Morgan fingerprint density at radius 1 is 1.00 bits per heavy atom.